The van der Waals surface area contributed by atoms with Crippen molar-refractivity contribution in [2.45, 2.75) is 77.6 Å². The van der Waals surface area contributed by atoms with Gasteiger partial charge in [-0.25, -0.2) is 0 Å². The van der Waals surface area contributed by atoms with E-state index >= 15 is 0 Å². The maximum atomic E-state index is 11.6. The fraction of sp³-hybridized carbons (Fsp3) is 0.895. The number of carbonyl (C=O) groups is 2. The van der Waals surface area contributed by atoms with Crippen LogP contribution in [0.2, 0.25) is 0 Å². The number of amides is 2. The molecule has 0 bridgehead atoms. The first-order valence-electron chi connectivity index (χ1n) is 9.87. The Balaban J connectivity index is 3.16. The van der Waals surface area contributed by atoms with Crippen molar-refractivity contribution in [1.29, 1.82) is 0 Å². The van der Waals surface area contributed by atoms with E-state index in [0.29, 0.717) is 26.2 Å². The van der Waals surface area contributed by atoms with Crippen LogP contribution in [0.4, 0.5) is 0 Å². The average molecular weight is 359 g/mol. The highest BCUT2D eigenvalue weighted by atomic mass is 16.5. The molecule has 0 aliphatic rings. The number of rotatable bonds is 19. The zero-order valence-electron chi connectivity index (χ0n) is 16.0. The Bertz CT molecular complexity index is 325. The van der Waals surface area contributed by atoms with E-state index in [-0.39, 0.29) is 18.4 Å². The zero-order valence-corrected chi connectivity index (χ0v) is 16.0. The molecular weight excluding hydrogens is 320 g/mol. The SMILES string of the molecule is CCCCOCCOCC(=O)NCCCCCCCCCCC(N)=O. The highest BCUT2D eigenvalue weighted by molar-refractivity contribution is 5.77. The van der Waals surface area contributed by atoms with Crippen molar-refractivity contribution in [1.82, 2.24) is 5.32 Å². The van der Waals surface area contributed by atoms with Gasteiger partial charge in [0.25, 0.3) is 0 Å². The molecule has 0 aromatic heterocycles. The van der Waals surface area contributed by atoms with Gasteiger partial charge in [-0.3, -0.25) is 9.59 Å². The summed E-state index contributed by atoms with van der Waals surface area (Å²) in [7, 11) is 0. The third-order valence-electron chi connectivity index (χ3n) is 3.92. The summed E-state index contributed by atoms with van der Waals surface area (Å²) < 4.78 is 10.6. The van der Waals surface area contributed by atoms with E-state index < -0.39 is 0 Å². The maximum Gasteiger partial charge on any atom is 0.245 e. The summed E-state index contributed by atoms with van der Waals surface area (Å²) in [5.74, 6) is -0.254. The fourth-order valence-electron chi connectivity index (χ4n) is 2.39. The van der Waals surface area contributed by atoms with Crippen molar-refractivity contribution in [3.05, 3.63) is 0 Å². The molecule has 0 saturated carbocycles. The second kappa shape index (κ2) is 19.2. The topological polar surface area (TPSA) is 90.7 Å². The maximum absolute atomic E-state index is 11.6. The number of nitrogens with one attached hydrogen (secondary N) is 1. The van der Waals surface area contributed by atoms with Crippen LogP contribution in [-0.4, -0.2) is 44.8 Å². The molecule has 6 heteroatoms. The number of unbranched alkanes of at least 4 members (excludes halogenated alkanes) is 8. The fourth-order valence-corrected chi connectivity index (χ4v) is 2.39. The first-order chi connectivity index (χ1) is 12.2. The van der Waals surface area contributed by atoms with Gasteiger partial charge in [-0.05, 0) is 19.3 Å². The van der Waals surface area contributed by atoms with Gasteiger partial charge in [0.2, 0.25) is 11.8 Å². The molecule has 0 aromatic carbocycles. The van der Waals surface area contributed by atoms with Gasteiger partial charge in [-0.1, -0.05) is 51.9 Å². The molecule has 148 valence electrons. The Morgan fingerprint density at radius 2 is 1.40 bits per heavy atom. The summed E-state index contributed by atoms with van der Waals surface area (Å²) in [4.78, 5) is 22.1. The Kier molecular flexibility index (Phi) is 18.3. The molecule has 0 aliphatic carbocycles. The molecule has 0 heterocycles. The van der Waals surface area contributed by atoms with Crippen LogP contribution in [0.25, 0.3) is 0 Å². The molecule has 6 nitrogen and oxygen atoms in total. The van der Waals surface area contributed by atoms with Crippen LogP contribution in [0.15, 0.2) is 0 Å². The Morgan fingerprint density at radius 1 is 0.800 bits per heavy atom. The minimum absolute atomic E-state index is 0.0528. The predicted octanol–water partition coefficient (Wildman–Crippen LogP) is 2.93. The number of carbonyl (C=O) groups excluding carboxylic acids is 2. The molecule has 0 aliphatic heterocycles. The van der Waals surface area contributed by atoms with Crippen molar-refractivity contribution in [3.8, 4) is 0 Å². The molecule has 25 heavy (non-hydrogen) atoms. The summed E-state index contributed by atoms with van der Waals surface area (Å²) >= 11 is 0. The largest absolute Gasteiger partial charge is 0.379 e. The van der Waals surface area contributed by atoms with Crippen LogP contribution < -0.4 is 11.1 Å². The molecule has 0 unspecified atom stereocenters. The summed E-state index contributed by atoms with van der Waals surface area (Å²) in [6.45, 7) is 4.74. The lowest BCUT2D eigenvalue weighted by Crippen LogP contribution is -2.29. The summed E-state index contributed by atoms with van der Waals surface area (Å²) in [6, 6.07) is 0. The summed E-state index contributed by atoms with van der Waals surface area (Å²) in [5.41, 5.74) is 5.10. The van der Waals surface area contributed by atoms with Gasteiger partial charge in [-0.2, -0.15) is 0 Å². The lowest BCUT2D eigenvalue weighted by atomic mass is 10.1. The molecule has 0 fully saturated rings. The minimum Gasteiger partial charge on any atom is -0.379 e. The number of nitrogens with two attached hydrogens (primary N) is 1. The molecule has 0 saturated heterocycles. The molecular formula is C19H38N2O4. The average Bonchev–Trinajstić information content (AvgIpc) is 2.58. The molecule has 2 amide bonds. The highest BCUT2D eigenvalue weighted by Crippen LogP contribution is 2.09. The lowest BCUT2D eigenvalue weighted by molar-refractivity contribution is -0.126. The molecule has 0 spiro atoms. The van der Waals surface area contributed by atoms with Gasteiger partial charge in [-0.15, -0.1) is 0 Å². The number of hydrogen-bond acceptors (Lipinski definition) is 4. The Hall–Kier alpha value is -1.14. The van der Waals surface area contributed by atoms with E-state index in [1.54, 1.807) is 0 Å². The Labute approximate surface area is 153 Å². The van der Waals surface area contributed by atoms with Gasteiger partial charge in [0.1, 0.15) is 6.61 Å². The van der Waals surface area contributed by atoms with Gasteiger partial charge < -0.3 is 20.5 Å². The molecule has 0 aromatic rings. The second-order valence-corrected chi connectivity index (χ2v) is 6.41. The van der Waals surface area contributed by atoms with Gasteiger partial charge >= 0.3 is 0 Å². The van der Waals surface area contributed by atoms with E-state index in [9.17, 15) is 9.59 Å². The second-order valence-electron chi connectivity index (χ2n) is 6.41. The van der Waals surface area contributed by atoms with Crippen molar-refractivity contribution >= 4 is 11.8 Å². The third-order valence-corrected chi connectivity index (χ3v) is 3.92. The summed E-state index contributed by atoms with van der Waals surface area (Å²) in [5, 5.41) is 2.87. The number of ether oxygens (including phenoxy) is 2. The third kappa shape index (κ3) is 20.8. The lowest BCUT2D eigenvalue weighted by Gasteiger charge is -2.07. The number of hydrogen-bond donors (Lipinski definition) is 2. The molecule has 0 rings (SSSR count). The highest BCUT2D eigenvalue weighted by Gasteiger charge is 2.00. The normalized spacial score (nSPS) is 10.8. The number of primary amides is 1. The van der Waals surface area contributed by atoms with Crippen LogP contribution in [0.5, 0.6) is 0 Å². The smallest absolute Gasteiger partial charge is 0.245 e. The van der Waals surface area contributed by atoms with Crippen molar-refractivity contribution in [2.75, 3.05) is 33.0 Å². The zero-order chi connectivity index (χ0) is 18.6. The van der Waals surface area contributed by atoms with Crippen molar-refractivity contribution in [3.63, 3.8) is 0 Å². The first-order valence-corrected chi connectivity index (χ1v) is 9.87. The van der Waals surface area contributed by atoms with Crippen molar-refractivity contribution < 1.29 is 19.1 Å². The minimum atomic E-state index is -0.201. The quantitative estimate of drug-likeness (QED) is 0.347. The van der Waals surface area contributed by atoms with E-state index in [0.717, 1.165) is 45.1 Å². The van der Waals surface area contributed by atoms with Gasteiger partial charge in [0.05, 0.1) is 13.2 Å². The van der Waals surface area contributed by atoms with Crippen molar-refractivity contribution in [2.24, 2.45) is 5.73 Å². The van der Waals surface area contributed by atoms with Crippen LogP contribution in [0.1, 0.15) is 77.6 Å². The van der Waals surface area contributed by atoms with E-state index in [1.165, 1.54) is 25.7 Å². The van der Waals surface area contributed by atoms with Crippen LogP contribution in [0.3, 0.4) is 0 Å². The van der Waals surface area contributed by atoms with Crippen LogP contribution in [0, 0.1) is 0 Å². The standard InChI is InChI=1S/C19H38N2O4/c1-2-3-14-24-15-16-25-17-19(23)21-13-11-9-7-5-4-6-8-10-12-18(20)22/h2-17H2,1H3,(H2,20,22)(H,21,23). The van der Waals surface area contributed by atoms with E-state index in [1.807, 2.05) is 0 Å². The first kappa shape index (κ1) is 23.9. The van der Waals surface area contributed by atoms with Gasteiger partial charge in [0, 0.05) is 19.6 Å². The monoisotopic (exact) mass is 358 g/mol. The van der Waals surface area contributed by atoms with E-state index in [4.69, 9.17) is 15.2 Å². The Morgan fingerprint density at radius 3 is 2.04 bits per heavy atom. The molecule has 0 radical (unpaired) electrons. The van der Waals surface area contributed by atoms with Gasteiger partial charge in [0.15, 0.2) is 0 Å². The van der Waals surface area contributed by atoms with Crippen LogP contribution >= 0.6 is 0 Å². The molecule has 3 N–H and O–H groups in total. The van der Waals surface area contributed by atoms with Crippen LogP contribution in [-0.2, 0) is 19.1 Å². The molecule has 0 atom stereocenters. The summed E-state index contributed by atoms with van der Waals surface area (Å²) in [6.07, 6.45) is 11.6. The predicted molar refractivity (Wildman–Crippen MR) is 100 cm³/mol. The van der Waals surface area contributed by atoms with E-state index in [2.05, 4.69) is 12.2 Å².